The molecule has 0 aliphatic heterocycles. The fourth-order valence-electron chi connectivity index (χ4n) is 2.94. The van der Waals surface area contributed by atoms with Crippen LogP contribution in [0.25, 0.3) is 28.5 Å². The van der Waals surface area contributed by atoms with Gasteiger partial charge in [-0.2, -0.15) is 9.99 Å². The lowest BCUT2D eigenvalue weighted by Crippen LogP contribution is -2.07. The Hall–Kier alpha value is -4.37. The SMILES string of the molecule is N#Cc1ccc2nc(-c3ccc(NC(=O)C=Cc4ccccc4)cc3)n(O)c2c1. The van der Waals surface area contributed by atoms with Crippen LogP contribution in [0.15, 0.2) is 78.9 Å². The maximum Gasteiger partial charge on any atom is 0.248 e. The van der Waals surface area contributed by atoms with E-state index in [0.29, 0.717) is 33.7 Å². The van der Waals surface area contributed by atoms with Crippen molar-refractivity contribution in [2.75, 3.05) is 5.32 Å². The molecule has 0 spiro atoms. The van der Waals surface area contributed by atoms with E-state index in [2.05, 4.69) is 10.3 Å². The highest BCUT2D eigenvalue weighted by Crippen LogP contribution is 2.25. The van der Waals surface area contributed by atoms with Gasteiger partial charge in [0.2, 0.25) is 5.91 Å². The summed E-state index contributed by atoms with van der Waals surface area (Å²) >= 11 is 0. The Balaban J connectivity index is 1.51. The number of hydrogen-bond donors (Lipinski definition) is 2. The number of rotatable bonds is 4. The molecule has 1 amide bonds. The van der Waals surface area contributed by atoms with Crippen LogP contribution in [0.2, 0.25) is 0 Å². The molecule has 0 saturated carbocycles. The molecule has 1 heterocycles. The quantitative estimate of drug-likeness (QED) is 0.404. The first-order valence-electron chi connectivity index (χ1n) is 8.90. The molecule has 29 heavy (non-hydrogen) atoms. The third kappa shape index (κ3) is 3.84. The van der Waals surface area contributed by atoms with Gasteiger partial charge < -0.3 is 10.5 Å². The first-order chi connectivity index (χ1) is 14.1. The summed E-state index contributed by atoms with van der Waals surface area (Å²) in [5.41, 5.74) is 3.75. The van der Waals surface area contributed by atoms with E-state index in [-0.39, 0.29) is 5.91 Å². The standard InChI is InChI=1S/C23H16N4O2/c24-15-17-6-12-20-21(14-17)27(29)23(26-20)18-8-10-19(11-9-18)25-22(28)13-7-16-4-2-1-3-5-16/h1-14,29H,(H,25,28). The van der Waals surface area contributed by atoms with Gasteiger partial charge in [-0.05, 0) is 54.1 Å². The largest absolute Gasteiger partial charge is 0.426 e. The summed E-state index contributed by atoms with van der Waals surface area (Å²) in [6.07, 6.45) is 3.22. The van der Waals surface area contributed by atoms with Crippen molar-refractivity contribution in [3.05, 3.63) is 90.0 Å². The first kappa shape index (κ1) is 18.0. The summed E-state index contributed by atoms with van der Waals surface area (Å²) < 4.78 is 0.965. The molecule has 0 radical (unpaired) electrons. The summed E-state index contributed by atoms with van der Waals surface area (Å²) in [6.45, 7) is 0. The van der Waals surface area contributed by atoms with Crippen LogP contribution < -0.4 is 5.32 Å². The second-order valence-electron chi connectivity index (χ2n) is 6.37. The van der Waals surface area contributed by atoms with Crippen molar-refractivity contribution in [3.8, 4) is 17.5 Å². The summed E-state index contributed by atoms with van der Waals surface area (Å²) in [5, 5.41) is 22.2. The van der Waals surface area contributed by atoms with Gasteiger partial charge in [0.25, 0.3) is 0 Å². The monoisotopic (exact) mass is 380 g/mol. The van der Waals surface area contributed by atoms with E-state index in [4.69, 9.17) is 5.26 Å². The molecule has 140 valence electrons. The highest BCUT2D eigenvalue weighted by atomic mass is 16.5. The number of nitrogens with zero attached hydrogens (tertiary/aromatic N) is 3. The van der Waals surface area contributed by atoms with Crippen LogP contribution in [0.4, 0.5) is 5.69 Å². The molecule has 0 saturated heterocycles. The Morgan fingerprint density at radius 3 is 2.55 bits per heavy atom. The predicted molar refractivity (Wildman–Crippen MR) is 111 cm³/mol. The second-order valence-corrected chi connectivity index (χ2v) is 6.37. The summed E-state index contributed by atoms with van der Waals surface area (Å²) in [5.74, 6) is 0.122. The van der Waals surface area contributed by atoms with Crippen molar-refractivity contribution in [2.45, 2.75) is 0 Å². The number of aromatic nitrogens is 2. The van der Waals surface area contributed by atoms with Crippen LogP contribution in [0.3, 0.4) is 0 Å². The number of anilines is 1. The topological polar surface area (TPSA) is 90.9 Å². The van der Waals surface area contributed by atoms with Gasteiger partial charge in [-0.15, -0.1) is 0 Å². The van der Waals surface area contributed by atoms with E-state index < -0.39 is 0 Å². The van der Waals surface area contributed by atoms with E-state index in [1.54, 1.807) is 48.5 Å². The number of hydrogen-bond acceptors (Lipinski definition) is 4. The number of nitriles is 1. The van der Waals surface area contributed by atoms with Crippen LogP contribution in [-0.4, -0.2) is 20.8 Å². The third-order valence-electron chi connectivity index (χ3n) is 4.40. The molecule has 1 aromatic heterocycles. The van der Waals surface area contributed by atoms with Crippen LogP contribution in [-0.2, 0) is 4.79 Å². The zero-order valence-corrected chi connectivity index (χ0v) is 15.3. The zero-order chi connectivity index (χ0) is 20.2. The Bertz CT molecular complexity index is 1250. The minimum atomic E-state index is -0.236. The predicted octanol–water partition coefficient (Wildman–Crippen LogP) is 4.46. The molecule has 0 bridgehead atoms. The molecule has 4 rings (SSSR count). The molecule has 2 N–H and O–H groups in total. The average Bonchev–Trinajstić information content (AvgIpc) is 3.09. The number of imidazole rings is 1. The van der Waals surface area contributed by atoms with Crippen molar-refractivity contribution in [3.63, 3.8) is 0 Å². The van der Waals surface area contributed by atoms with Crippen molar-refractivity contribution in [2.24, 2.45) is 0 Å². The Labute approximate surface area is 166 Å². The van der Waals surface area contributed by atoms with E-state index in [1.807, 2.05) is 36.4 Å². The first-order valence-corrected chi connectivity index (χ1v) is 8.90. The summed E-state index contributed by atoms with van der Waals surface area (Å²) in [7, 11) is 0. The normalized spacial score (nSPS) is 10.9. The van der Waals surface area contributed by atoms with Gasteiger partial charge >= 0.3 is 0 Å². The Kier molecular flexibility index (Phi) is 4.79. The summed E-state index contributed by atoms with van der Waals surface area (Å²) in [4.78, 5) is 16.5. The second kappa shape index (κ2) is 7.71. The molecule has 0 aliphatic carbocycles. The van der Waals surface area contributed by atoms with Crippen LogP contribution in [0.1, 0.15) is 11.1 Å². The molecular formula is C23H16N4O2. The lowest BCUT2D eigenvalue weighted by Gasteiger charge is -2.05. The Morgan fingerprint density at radius 2 is 1.83 bits per heavy atom. The minimum absolute atomic E-state index is 0.236. The number of benzene rings is 3. The van der Waals surface area contributed by atoms with Gasteiger partial charge in [-0.1, -0.05) is 30.3 Å². The molecule has 0 unspecified atom stereocenters. The lowest BCUT2D eigenvalue weighted by molar-refractivity contribution is -0.111. The van der Waals surface area contributed by atoms with Gasteiger partial charge in [0.15, 0.2) is 5.82 Å². The number of nitrogens with one attached hydrogen (secondary N) is 1. The molecule has 0 atom stereocenters. The van der Waals surface area contributed by atoms with Crippen LogP contribution >= 0.6 is 0 Å². The van der Waals surface area contributed by atoms with Crippen LogP contribution in [0.5, 0.6) is 0 Å². The molecule has 0 aliphatic rings. The number of fused-ring (bicyclic) bond motifs is 1. The number of amides is 1. The van der Waals surface area contributed by atoms with Gasteiger partial charge in [0, 0.05) is 17.3 Å². The van der Waals surface area contributed by atoms with E-state index in [1.165, 1.54) is 6.08 Å². The highest BCUT2D eigenvalue weighted by Gasteiger charge is 2.12. The third-order valence-corrected chi connectivity index (χ3v) is 4.40. The van der Waals surface area contributed by atoms with Gasteiger partial charge in [0.1, 0.15) is 5.52 Å². The van der Waals surface area contributed by atoms with Gasteiger partial charge in [-0.3, -0.25) is 4.79 Å². The Morgan fingerprint density at radius 1 is 1.07 bits per heavy atom. The number of carbonyl (C=O) groups excluding carboxylic acids is 1. The fourth-order valence-corrected chi connectivity index (χ4v) is 2.94. The van der Waals surface area contributed by atoms with Crippen molar-refractivity contribution in [1.82, 2.24) is 9.71 Å². The van der Waals surface area contributed by atoms with Crippen molar-refractivity contribution < 1.29 is 10.0 Å². The average molecular weight is 380 g/mol. The fraction of sp³-hybridized carbons (Fsp3) is 0. The van der Waals surface area contributed by atoms with E-state index >= 15 is 0 Å². The maximum atomic E-state index is 12.1. The number of carbonyl (C=O) groups is 1. The molecule has 3 aromatic carbocycles. The lowest BCUT2D eigenvalue weighted by atomic mass is 10.2. The summed E-state index contributed by atoms with van der Waals surface area (Å²) in [6, 6.07) is 23.5. The maximum absolute atomic E-state index is 12.1. The molecule has 6 heteroatoms. The van der Waals surface area contributed by atoms with E-state index in [9.17, 15) is 10.0 Å². The highest BCUT2D eigenvalue weighted by molar-refractivity contribution is 6.02. The van der Waals surface area contributed by atoms with E-state index in [0.717, 1.165) is 10.3 Å². The minimum Gasteiger partial charge on any atom is -0.426 e. The molecular weight excluding hydrogens is 364 g/mol. The van der Waals surface area contributed by atoms with Crippen molar-refractivity contribution >= 4 is 28.7 Å². The van der Waals surface area contributed by atoms with Gasteiger partial charge in [-0.25, -0.2) is 4.98 Å². The molecule has 4 aromatic rings. The van der Waals surface area contributed by atoms with Gasteiger partial charge in [0.05, 0.1) is 17.1 Å². The smallest absolute Gasteiger partial charge is 0.248 e. The van der Waals surface area contributed by atoms with Crippen molar-refractivity contribution in [1.29, 1.82) is 5.26 Å². The molecule has 0 fully saturated rings. The van der Waals surface area contributed by atoms with Crippen LogP contribution in [0, 0.1) is 11.3 Å². The zero-order valence-electron chi connectivity index (χ0n) is 15.3. The molecule has 6 nitrogen and oxygen atoms in total.